The molecule has 1 aromatic carbocycles. The fourth-order valence-corrected chi connectivity index (χ4v) is 2.16. The summed E-state index contributed by atoms with van der Waals surface area (Å²) in [5.41, 5.74) is 2.59. The minimum absolute atomic E-state index is 0.0109. The number of aryl methyl sites for hydroxylation is 2. The predicted molar refractivity (Wildman–Crippen MR) is 75.9 cm³/mol. The molecule has 0 saturated carbocycles. The largest absolute Gasteiger partial charge is 0.306 e. The van der Waals surface area contributed by atoms with E-state index in [4.69, 9.17) is 23.2 Å². The minimum atomic E-state index is -0.266. The van der Waals surface area contributed by atoms with Gasteiger partial charge in [-0.05, 0) is 37.6 Å². The third-order valence-electron chi connectivity index (χ3n) is 2.39. The van der Waals surface area contributed by atoms with Crippen molar-refractivity contribution < 1.29 is 4.79 Å². The van der Waals surface area contributed by atoms with Gasteiger partial charge in [-0.2, -0.15) is 0 Å². The van der Waals surface area contributed by atoms with E-state index in [0.717, 1.165) is 11.1 Å². The molecule has 2 aromatic rings. The van der Waals surface area contributed by atoms with E-state index in [2.05, 4.69) is 15.3 Å². The number of amides is 1. The second-order valence-corrected chi connectivity index (χ2v) is 4.90. The van der Waals surface area contributed by atoms with Gasteiger partial charge in [-0.1, -0.05) is 28.8 Å². The van der Waals surface area contributed by atoms with Crippen molar-refractivity contribution in [3.8, 4) is 0 Å². The molecule has 0 spiro atoms. The molecular weight excluding hydrogens is 285 g/mol. The van der Waals surface area contributed by atoms with Gasteiger partial charge in [-0.25, -0.2) is 9.97 Å². The maximum atomic E-state index is 12.1. The van der Waals surface area contributed by atoms with Gasteiger partial charge in [0.25, 0.3) is 5.91 Å². The van der Waals surface area contributed by atoms with Gasteiger partial charge in [0.1, 0.15) is 11.0 Å². The smallest absolute Gasteiger partial charge is 0.256 e. The van der Waals surface area contributed by atoms with Crippen LogP contribution >= 0.6 is 23.2 Å². The molecule has 6 heteroatoms. The predicted octanol–water partition coefficient (Wildman–Crippen LogP) is 3.65. The lowest BCUT2D eigenvalue weighted by atomic mass is 10.1. The number of benzene rings is 1. The summed E-state index contributed by atoms with van der Waals surface area (Å²) in [6.07, 6.45) is 0. The average Bonchev–Trinajstić information content (AvgIpc) is 2.25. The zero-order valence-electron chi connectivity index (χ0n) is 10.4. The fraction of sp³-hybridized carbons (Fsp3) is 0.154. The van der Waals surface area contributed by atoms with Gasteiger partial charge >= 0.3 is 0 Å². The Hall–Kier alpha value is -1.65. The summed E-state index contributed by atoms with van der Waals surface area (Å²) in [5, 5.41) is 2.80. The Morgan fingerprint density at radius 2 is 1.68 bits per heavy atom. The minimum Gasteiger partial charge on any atom is -0.306 e. The van der Waals surface area contributed by atoms with Crippen molar-refractivity contribution in [2.24, 2.45) is 0 Å². The van der Waals surface area contributed by atoms with Crippen LogP contribution in [0.15, 0.2) is 24.3 Å². The molecule has 1 amide bonds. The molecule has 0 saturated heterocycles. The van der Waals surface area contributed by atoms with E-state index in [1.54, 1.807) is 12.1 Å². The number of hydrogen-bond acceptors (Lipinski definition) is 3. The van der Waals surface area contributed by atoms with E-state index in [1.807, 2.05) is 19.9 Å². The number of carbonyl (C=O) groups excluding carboxylic acids is 1. The SMILES string of the molecule is Cc1cc(C)cc(C(=O)Nc2cc(Cl)nc(Cl)n2)c1. The van der Waals surface area contributed by atoms with Crippen molar-refractivity contribution >= 4 is 34.9 Å². The standard InChI is InChI=1S/C13H11Cl2N3O/c1-7-3-8(2)5-9(4-7)12(19)17-11-6-10(14)16-13(15)18-11/h3-6H,1-2H3,(H,16,17,18,19). The van der Waals surface area contributed by atoms with Gasteiger partial charge in [0.15, 0.2) is 0 Å². The van der Waals surface area contributed by atoms with Crippen LogP contribution in [0.4, 0.5) is 5.82 Å². The second kappa shape index (κ2) is 5.55. The van der Waals surface area contributed by atoms with E-state index < -0.39 is 0 Å². The zero-order valence-corrected chi connectivity index (χ0v) is 11.9. The maximum Gasteiger partial charge on any atom is 0.256 e. The highest BCUT2D eigenvalue weighted by Gasteiger charge is 2.09. The van der Waals surface area contributed by atoms with Crippen molar-refractivity contribution in [1.82, 2.24) is 9.97 Å². The number of carbonyl (C=O) groups is 1. The third kappa shape index (κ3) is 3.66. The molecule has 4 nitrogen and oxygen atoms in total. The molecular formula is C13H11Cl2N3O. The van der Waals surface area contributed by atoms with Crippen LogP contribution in [0.3, 0.4) is 0 Å². The number of hydrogen-bond donors (Lipinski definition) is 1. The lowest BCUT2D eigenvalue weighted by molar-refractivity contribution is 0.102. The molecule has 0 bridgehead atoms. The van der Waals surface area contributed by atoms with Gasteiger partial charge in [0, 0.05) is 11.6 Å². The first-order valence-electron chi connectivity index (χ1n) is 5.54. The van der Waals surface area contributed by atoms with Crippen LogP contribution in [0.5, 0.6) is 0 Å². The lowest BCUT2D eigenvalue weighted by Gasteiger charge is -2.07. The molecule has 0 aliphatic heterocycles. The van der Waals surface area contributed by atoms with Crippen LogP contribution in [0.25, 0.3) is 0 Å². The molecule has 1 N–H and O–H groups in total. The first-order valence-corrected chi connectivity index (χ1v) is 6.29. The van der Waals surface area contributed by atoms with Gasteiger partial charge in [0.2, 0.25) is 5.28 Å². The molecule has 0 unspecified atom stereocenters. The summed E-state index contributed by atoms with van der Waals surface area (Å²) < 4.78 is 0. The number of nitrogens with zero attached hydrogens (tertiary/aromatic N) is 2. The molecule has 1 aromatic heterocycles. The number of rotatable bonds is 2. The van der Waals surface area contributed by atoms with Crippen molar-refractivity contribution in [3.05, 3.63) is 51.4 Å². The van der Waals surface area contributed by atoms with E-state index in [1.165, 1.54) is 6.07 Å². The molecule has 1 heterocycles. The van der Waals surface area contributed by atoms with Crippen LogP contribution in [-0.4, -0.2) is 15.9 Å². The molecule has 98 valence electrons. The Kier molecular flexibility index (Phi) is 4.02. The third-order valence-corrected chi connectivity index (χ3v) is 2.76. The summed E-state index contributed by atoms with van der Waals surface area (Å²) in [4.78, 5) is 19.7. The van der Waals surface area contributed by atoms with Crippen LogP contribution in [0.1, 0.15) is 21.5 Å². The molecule has 19 heavy (non-hydrogen) atoms. The summed E-state index contributed by atoms with van der Waals surface area (Å²) in [5.74, 6) is 0.00629. The van der Waals surface area contributed by atoms with Crippen molar-refractivity contribution in [2.75, 3.05) is 5.32 Å². The van der Waals surface area contributed by atoms with Crippen molar-refractivity contribution in [3.63, 3.8) is 0 Å². The highest BCUT2D eigenvalue weighted by atomic mass is 35.5. The Morgan fingerprint density at radius 1 is 1.05 bits per heavy atom. The summed E-state index contributed by atoms with van der Waals surface area (Å²) in [7, 11) is 0. The van der Waals surface area contributed by atoms with Gasteiger partial charge in [-0.3, -0.25) is 4.79 Å². The zero-order chi connectivity index (χ0) is 14.0. The Bertz CT molecular complexity index is 603. The van der Waals surface area contributed by atoms with Gasteiger partial charge < -0.3 is 5.32 Å². The summed E-state index contributed by atoms with van der Waals surface area (Å²) in [6.45, 7) is 3.87. The normalized spacial score (nSPS) is 10.3. The monoisotopic (exact) mass is 295 g/mol. The summed E-state index contributed by atoms with van der Waals surface area (Å²) >= 11 is 11.4. The quantitative estimate of drug-likeness (QED) is 0.679. The number of halogens is 2. The first-order chi connectivity index (χ1) is 8.94. The van der Waals surface area contributed by atoms with E-state index in [0.29, 0.717) is 5.56 Å². The molecule has 0 atom stereocenters. The molecule has 0 fully saturated rings. The van der Waals surface area contributed by atoms with Crippen LogP contribution < -0.4 is 5.32 Å². The van der Waals surface area contributed by atoms with Crippen LogP contribution in [0.2, 0.25) is 10.4 Å². The second-order valence-electron chi connectivity index (χ2n) is 4.18. The molecule has 2 rings (SSSR count). The first kappa shape index (κ1) is 13.8. The van der Waals surface area contributed by atoms with E-state index in [-0.39, 0.29) is 22.2 Å². The number of aromatic nitrogens is 2. The van der Waals surface area contributed by atoms with Crippen molar-refractivity contribution in [2.45, 2.75) is 13.8 Å². The Labute approximate surface area is 120 Å². The topological polar surface area (TPSA) is 54.9 Å². The maximum absolute atomic E-state index is 12.1. The van der Waals surface area contributed by atoms with Crippen molar-refractivity contribution in [1.29, 1.82) is 0 Å². The highest BCUT2D eigenvalue weighted by molar-refractivity contribution is 6.32. The highest BCUT2D eigenvalue weighted by Crippen LogP contribution is 2.16. The van der Waals surface area contributed by atoms with Gasteiger partial charge in [-0.15, -0.1) is 0 Å². The summed E-state index contributed by atoms with van der Waals surface area (Å²) in [6, 6.07) is 7.03. The molecule has 0 aliphatic carbocycles. The fourth-order valence-electron chi connectivity index (χ4n) is 1.75. The Balaban J connectivity index is 2.25. The van der Waals surface area contributed by atoms with Crippen LogP contribution in [-0.2, 0) is 0 Å². The number of nitrogens with one attached hydrogen (secondary N) is 1. The van der Waals surface area contributed by atoms with E-state index >= 15 is 0 Å². The Morgan fingerprint density at radius 3 is 2.26 bits per heavy atom. The molecule has 0 aliphatic rings. The van der Waals surface area contributed by atoms with E-state index in [9.17, 15) is 4.79 Å². The molecule has 0 radical (unpaired) electrons. The van der Waals surface area contributed by atoms with Gasteiger partial charge in [0.05, 0.1) is 0 Å². The number of anilines is 1. The lowest BCUT2D eigenvalue weighted by Crippen LogP contribution is -2.13. The average molecular weight is 296 g/mol. The van der Waals surface area contributed by atoms with Crippen LogP contribution in [0, 0.1) is 13.8 Å².